The van der Waals surface area contributed by atoms with Gasteiger partial charge in [-0.05, 0) is 63.5 Å². The van der Waals surface area contributed by atoms with Crippen molar-refractivity contribution in [2.24, 2.45) is 4.99 Å². The van der Waals surface area contributed by atoms with Crippen LogP contribution >= 0.6 is 0 Å². The Labute approximate surface area is 178 Å². The zero-order valence-electron chi connectivity index (χ0n) is 17.8. The summed E-state index contributed by atoms with van der Waals surface area (Å²) in [6.07, 6.45) is 5.01. The molecule has 30 heavy (non-hydrogen) atoms. The number of guanidine groups is 1. The minimum Gasteiger partial charge on any atom is -0.468 e. The number of hydrogen-bond donors (Lipinski definition) is 3. The number of nitrogens with zero attached hydrogens (tertiary/aromatic N) is 2. The lowest BCUT2D eigenvalue weighted by Crippen LogP contribution is -2.39. The maximum Gasteiger partial charge on any atom is 0.251 e. The molecule has 0 radical (unpaired) electrons. The molecule has 1 unspecified atom stereocenters. The lowest BCUT2D eigenvalue weighted by molar-refractivity contribution is 0.0953. The van der Waals surface area contributed by atoms with Gasteiger partial charge in [-0.15, -0.1) is 0 Å². The standard InChI is InChI=1S/C23H33N5O2/c1-2-24-23(26-14-9-13-25-22(29)19-10-4-3-5-11-19)27-18-20(21-12-8-17-30-21)28-15-6-7-16-28/h3-5,8,10-12,17,20H,2,6-7,9,13-16,18H2,1H3,(H,25,29)(H2,24,26,27). The fourth-order valence-corrected chi connectivity index (χ4v) is 3.63. The van der Waals surface area contributed by atoms with Gasteiger partial charge in [0.15, 0.2) is 5.96 Å². The Bertz CT molecular complexity index is 770. The number of aliphatic imine (C=N–C) groups is 1. The summed E-state index contributed by atoms with van der Waals surface area (Å²) in [6, 6.07) is 13.4. The van der Waals surface area contributed by atoms with Crippen LogP contribution in [-0.4, -0.2) is 56.0 Å². The van der Waals surface area contributed by atoms with Crippen molar-refractivity contribution in [3.05, 3.63) is 60.1 Å². The summed E-state index contributed by atoms with van der Waals surface area (Å²) in [4.78, 5) is 19.3. The smallest absolute Gasteiger partial charge is 0.251 e. The molecule has 2 heterocycles. The number of furan rings is 1. The zero-order chi connectivity index (χ0) is 21.0. The molecule has 0 spiro atoms. The van der Waals surface area contributed by atoms with E-state index in [4.69, 9.17) is 9.41 Å². The molecule has 1 aliphatic rings. The Hall–Kier alpha value is -2.80. The highest BCUT2D eigenvalue weighted by Gasteiger charge is 2.25. The highest BCUT2D eigenvalue weighted by molar-refractivity contribution is 5.94. The number of nitrogens with one attached hydrogen (secondary N) is 3. The van der Waals surface area contributed by atoms with Gasteiger partial charge in [0.2, 0.25) is 0 Å². The fraction of sp³-hybridized carbons (Fsp3) is 0.478. The maximum absolute atomic E-state index is 12.1. The molecule has 1 atom stereocenters. The molecule has 3 rings (SSSR count). The summed E-state index contributed by atoms with van der Waals surface area (Å²) >= 11 is 0. The van der Waals surface area contributed by atoms with Crippen LogP contribution in [0.3, 0.4) is 0 Å². The van der Waals surface area contributed by atoms with E-state index in [0.29, 0.717) is 18.7 Å². The van der Waals surface area contributed by atoms with Gasteiger partial charge in [-0.2, -0.15) is 0 Å². The lowest BCUT2D eigenvalue weighted by atomic mass is 10.2. The molecule has 0 bridgehead atoms. The number of carbonyl (C=O) groups excluding carboxylic acids is 1. The van der Waals surface area contributed by atoms with Crippen LogP contribution in [0, 0.1) is 0 Å². The molecule has 3 N–H and O–H groups in total. The monoisotopic (exact) mass is 411 g/mol. The van der Waals surface area contributed by atoms with Crippen molar-refractivity contribution in [2.45, 2.75) is 32.2 Å². The second-order valence-electron chi connectivity index (χ2n) is 7.40. The Morgan fingerprint density at radius 1 is 1.07 bits per heavy atom. The van der Waals surface area contributed by atoms with Gasteiger partial charge in [0, 0.05) is 25.2 Å². The molecular formula is C23H33N5O2. The van der Waals surface area contributed by atoms with Crippen molar-refractivity contribution in [1.82, 2.24) is 20.9 Å². The van der Waals surface area contributed by atoms with Gasteiger partial charge in [-0.1, -0.05) is 18.2 Å². The van der Waals surface area contributed by atoms with Crippen molar-refractivity contribution in [3.63, 3.8) is 0 Å². The van der Waals surface area contributed by atoms with E-state index in [1.54, 1.807) is 6.26 Å². The molecule has 7 nitrogen and oxygen atoms in total. The molecule has 0 saturated carbocycles. The van der Waals surface area contributed by atoms with Crippen LogP contribution in [0.4, 0.5) is 0 Å². The van der Waals surface area contributed by atoms with Gasteiger partial charge in [-0.25, -0.2) is 0 Å². The predicted octanol–water partition coefficient (Wildman–Crippen LogP) is 2.79. The van der Waals surface area contributed by atoms with Crippen LogP contribution < -0.4 is 16.0 Å². The summed E-state index contributed by atoms with van der Waals surface area (Å²) in [6.45, 7) is 7.03. The quantitative estimate of drug-likeness (QED) is 0.318. The Morgan fingerprint density at radius 3 is 2.53 bits per heavy atom. The summed E-state index contributed by atoms with van der Waals surface area (Å²) in [5.74, 6) is 1.73. The van der Waals surface area contributed by atoms with E-state index >= 15 is 0 Å². The van der Waals surface area contributed by atoms with Gasteiger partial charge in [0.25, 0.3) is 5.91 Å². The van der Waals surface area contributed by atoms with Gasteiger partial charge < -0.3 is 20.4 Å². The summed E-state index contributed by atoms with van der Waals surface area (Å²) in [5, 5.41) is 9.62. The van der Waals surface area contributed by atoms with E-state index in [0.717, 1.165) is 44.3 Å². The second kappa shape index (κ2) is 12.0. The van der Waals surface area contributed by atoms with Crippen molar-refractivity contribution >= 4 is 11.9 Å². The SMILES string of the molecule is CCNC(=NCC(c1ccco1)N1CCCC1)NCCCNC(=O)c1ccccc1. The highest BCUT2D eigenvalue weighted by Crippen LogP contribution is 2.25. The van der Waals surface area contributed by atoms with E-state index in [2.05, 4.69) is 27.8 Å². The third-order valence-electron chi connectivity index (χ3n) is 5.19. The van der Waals surface area contributed by atoms with Crippen LogP contribution in [0.2, 0.25) is 0 Å². The zero-order valence-corrected chi connectivity index (χ0v) is 17.8. The molecule has 162 valence electrons. The van der Waals surface area contributed by atoms with Crippen LogP contribution in [0.5, 0.6) is 0 Å². The van der Waals surface area contributed by atoms with E-state index in [1.807, 2.05) is 42.5 Å². The number of likely N-dealkylation sites (tertiary alicyclic amines) is 1. The number of amides is 1. The van der Waals surface area contributed by atoms with E-state index in [9.17, 15) is 4.79 Å². The maximum atomic E-state index is 12.1. The molecule has 1 aliphatic heterocycles. The molecule has 2 aromatic rings. The minimum absolute atomic E-state index is 0.0388. The fourth-order valence-electron chi connectivity index (χ4n) is 3.63. The Morgan fingerprint density at radius 2 is 1.83 bits per heavy atom. The lowest BCUT2D eigenvalue weighted by Gasteiger charge is -2.24. The van der Waals surface area contributed by atoms with Crippen LogP contribution in [0.15, 0.2) is 58.1 Å². The number of carbonyl (C=O) groups is 1. The van der Waals surface area contributed by atoms with E-state index in [-0.39, 0.29) is 11.9 Å². The van der Waals surface area contributed by atoms with E-state index in [1.165, 1.54) is 12.8 Å². The largest absolute Gasteiger partial charge is 0.468 e. The van der Waals surface area contributed by atoms with Crippen LogP contribution in [0.1, 0.15) is 48.3 Å². The Balaban J connectivity index is 1.46. The molecule has 1 saturated heterocycles. The highest BCUT2D eigenvalue weighted by atomic mass is 16.3. The molecule has 1 amide bonds. The third-order valence-corrected chi connectivity index (χ3v) is 5.19. The second-order valence-corrected chi connectivity index (χ2v) is 7.40. The number of hydrogen-bond acceptors (Lipinski definition) is 4. The van der Waals surface area contributed by atoms with Gasteiger partial charge in [-0.3, -0.25) is 14.7 Å². The number of benzene rings is 1. The van der Waals surface area contributed by atoms with Crippen molar-refractivity contribution in [1.29, 1.82) is 0 Å². The summed E-state index contributed by atoms with van der Waals surface area (Å²) < 4.78 is 5.68. The number of rotatable bonds is 10. The topological polar surface area (TPSA) is 81.9 Å². The first-order valence-electron chi connectivity index (χ1n) is 10.9. The Kier molecular flexibility index (Phi) is 8.78. The molecular weight excluding hydrogens is 378 g/mol. The average molecular weight is 412 g/mol. The van der Waals surface area contributed by atoms with Crippen LogP contribution in [-0.2, 0) is 0 Å². The molecule has 1 fully saturated rings. The van der Waals surface area contributed by atoms with Crippen molar-refractivity contribution < 1.29 is 9.21 Å². The predicted molar refractivity (Wildman–Crippen MR) is 120 cm³/mol. The first-order chi connectivity index (χ1) is 14.8. The minimum atomic E-state index is -0.0388. The average Bonchev–Trinajstić information content (AvgIpc) is 3.49. The van der Waals surface area contributed by atoms with Crippen molar-refractivity contribution in [3.8, 4) is 0 Å². The summed E-state index contributed by atoms with van der Waals surface area (Å²) in [5.41, 5.74) is 0.686. The van der Waals surface area contributed by atoms with Gasteiger partial charge >= 0.3 is 0 Å². The molecule has 1 aromatic carbocycles. The molecule has 1 aromatic heterocycles. The van der Waals surface area contributed by atoms with Crippen molar-refractivity contribution in [2.75, 3.05) is 39.3 Å². The van der Waals surface area contributed by atoms with E-state index < -0.39 is 0 Å². The normalized spacial score (nSPS) is 15.7. The summed E-state index contributed by atoms with van der Waals surface area (Å²) in [7, 11) is 0. The molecule has 0 aliphatic carbocycles. The third kappa shape index (κ3) is 6.62. The van der Waals surface area contributed by atoms with Gasteiger partial charge in [0.1, 0.15) is 5.76 Å². The first-order valence-corrected chi connectivity index (χ1v) is 10.9. The molecule has 7 heteroatoms. The van der Waals surface area contributed by atoms with Crippen LogP contribution in [0.25, 0.3) is 0 Å². The first kappa shape index (κ1) is 21.9. The van der Waals surface area contributed by atoms with Gasteiger partial charge in [0.05, 0.1) is 18.8 Å².